The van der Waals surface area contributed by atoms with Crippen molar-refractivity contribution >= 4 is 11.7 Å². The molecule has 0 spiro atoms. The highest BCUT2D eigenvalue weighted by Crippen LogP contribution is 2.28. The van der Waals surface area contributed by atoms with E-state index in [-0.39, 0.29) is 17.9 Å². The van der Waals surface area contributed by atoms with Crippen LogP contribution in [0.5, 0.6) is 0 Å². The molecule has 0 amide bonds. The zero-order chi connectivity index (χ0) is 16.8. The average Bonchev–Trinajstić information content (AvgIpc) is 3.02. The van der Waals surface area contributed by atoms with Gasteiger partial charge in [-0.05, 0) is 30.7 Å². The Labute approximate surface area is 132 Å². The first kappa shape index (κ1) is 16.2. The third-order valence-electron chi connectivity index (χ3n) is 3.07. The van der Waals surface area contributed by atoms with Crippen LogP contribution >= 0.6 is 0 Å². The molecule has 2 aromatic rings. The summed E-state index contributed by atoms with van der Waals surface area (Å²) in [7, 11) is 0. The number of carbonyl (C=O) groups is 1. The van der Waals surface area contributed by atoms with Gasteiger partial charge in [0.1, 0.15) is 11.8 Å². The number of benzene rings is 1. The molecule has 0 bridgehead atoms. The fourth-order valence-electron chi connectivity index (χ4n) is 1.94. The molecule has 0 fully saturated rings. The van der Waals surface area contributed by atoms with Crippen molar-refractivity contribution in [1.29, 1.82) is 5.26 Å². The predicted octanol–water partition coefficient (Wildman–Crippen LogP) is 3.76. The van der Waals surface area contributed by atoms with Gasteiger partial charge in [0, 0.05) is 24.1 Å². The van der Waals surface area contributed by atoms with E-state index in [9.17, 15) is 14.9 Å². The zero-order valence-electron chi connectivity index (χ0n) is 12.4. The molecular formula is C16H14N2O5. The quantitative estimate of drug-likeness (QED) is 0.456. The van der Waals surface area contributed by atoms with Crippen molar-refractivity contribution in [2.24, 2.45) is 0 Å². The van der Waals surface area contributed by atoms with Crippen LogP contribution in [-0.2, 0) is 9.53 Å². The second-order valence-electron chi connectivity index (χ2n) is 4.75. The second-order valence-corrected chi connectivity index (χ2v) is 4.75. The number of non-ortho nitro benzene ring substituents is 1. The molecule has 7 nitrogen and oxygen atoms in total. The van der Waals surface area contributed by atoms with Gasteiger partial charge in [-0.3, -0.25) is 14.9 Å². The van der Waals surface area contributed by atoms with Crippen molar-refractivity contribution in [1.82, 2.24) is 0 Å². The number of hydrogen-bond acceptors (Lipinski definition) is 6. The maximum absolute atomic E-state index is 11.5. The Kier molecular flexibility index (Phi) is 5.10. The highest BCUT2D eigenvalue weighted by Gasteiger charge is 2.20. The van der Waals surface area contributed by atoms with Crippen LogP contribution in [0.4, 0.5) is 5.69 Å². The predicted molar refractivity (Wildman–Crippen MR) is 80.2 cm³/mol. The smallest absolute Gasteiger partial charge is 0.307 e. The number of hydrogen-bond donors (Lipinski definition) is 0. The van der Waals surface area contributed by atoms with Crippen LogP contribution in [0.15, 0.2) is 40.8 Å². The molecule has 0 aliphatic carbocycles. The Morgan fingerprint density at radius 3 is 2.61 bits per heavy atom. The van der Waals surface area contributed by atoms with E-state index < -0.39 is 17.0 Å². The molecule has 1 aromatic heterocycles. The fourth-order valence-corrected chi connectivity index (χ4v) is 1.94. The molecule has 23 heavy (non-hydrogen) atoms. The molecule has 0 aliphatic heterocycles. The standard InChI is InChI=1S/C16H14N2O5/c1-2-3-16(19)23-15(10-17)14-9-8-13(22-14)11-4-6-12(7-5-11)18(20)21/h4-9,15H,2-3H2,1H3/t15-/m0/s1. The number of furan rings is 1. The van der Waals surface area contributed by atoms with Gasteiger partial charge in [-0.2, -0.15) is 5.26 Å². The van der Waals surface area contributed by atoms with Crippen LogP contribution in [0.3, 0.4) is 0 Å². The maximum atomic E-state index is 11.5. The van der Waals surface area contributed by atoms with Crippen LogP contribution in [0, 0.1) is 21.4 Å². The largest absolute Gasteiger partial charge is 0.456 e. The normalized spacial score (nSPS) is 11.5. The number of rotatable bonds is 6. The summed E-state index contributed by atoms with van der Waals surface area (Å²) in [6.07, 6.45) is -0.252. The Bertz CT molecular complexity index is 743. The van der Waals surface area contributed by atoms with Crippen molar-refractivity contribution in [2.45, 2.75) is 25.9 Å². The first-order chi connectivity index (χ1) is 11.0. The van der Waals surface area contributed by atoms with Crippen molar-refractivity contribution in [3.63, 3.8) is 0 Å². The summed E-state index contributed by atoms with van der Waals surface area (Å²) in [6, 6.07) is 10.9. The molecule has 0 unspecified atom stereocenters. The molecule has 1 atom stereocenters. The van der Waals surface area contributed by atoms with E-state index in [1.165, 1.54) is 12.1 Å². The highest BCUT2D eigenvalue weighted by atomic mass is 16.6. The van der Waals surface area contributed by atoms with E-state index in [1.807, 2.05) is 13.0 Å². The van der Waals surface area contributed by atoms with Crippen LogP contribution in [0.1, 0.15) is 31.6 Å². The minimum atomic E-state index is -1.11. The molecule has 0 aliphatic rings. The van der Waals surface area contributed by atoms with Crippen molar-refractivity contribution in [3.8, 4) is 17.4 Å². The van der Waals surface area contributed by atoms with Crippen molar-refractivity contribution < 1.29 is 18.9 Å². The van der Waals surface area contributed by atoms with Crippen molar-refractivity contribution in [3.05, 3.63) is 52.3 Å². The van der Waals surface area contributed by atoms with Gasteiger partial charge in [0.2, 0.25) is 6.10 Å². The SMILES string of the molecule is CCCC(=O)O[C@@H](C#N)c1ccc(-c2ccc([N+](=O)[O-])cc2)o1. The Morgan fingerprint density at radius 2 is 2.04 bits per heavy atom. The Morgan fingerprint density at radius 1 is 1.35 bits per heavy atom. The molecular weight excluding hydrogens is 300 g/mol. The summed E-state index contributed by atoms with van der Waals surface area (Å²) in [5.41, 5.74) is 0.599. The van der Waals surface area contributed by atoms with E-state index >= 15 is 0 Å². The van der Waals surface area contributed by atoms with Gasteiger partial charge in [-0.15, -0.1) is 0 Å². The number of ether oxygens (including phenoxy) is 1. The van der Waals surface area contributed by atoms with Crippen LogP contribution in [0.2, 0.25) is 0 Å². The summed E-state index contributed by atoms with van der Waals surface area (Å²) >= 11 is 0. The second kappa shape index (κ2) is 7.22. The lowest BCUT2D eigenvalue weighted by Gasteiger charge is -2.07. The minimum absolute atomic E-state index is 0.0241. The number of nitrogens with zero attached hydrogens (tertiary/aromatic N) is 2. The summed E-state index contributed by atoms with van der Waals surface area (Å²) in [4.78, 5) is 21.6. The lowest BCUT2D eigenvalue weighted by atomic mass is 10.1. The Balaban J connectivity index is 2.17. The van der Waals surface area contributed by atoms with Gasteiger partial charge in [0.05, 0.1) is 4.92 Å². The van der Waals surface area contributed by atoms with E-state index in [0.717, 1.165) is 0 Å². The number of esters is 1. The molecule has 1 aromatic carbocycles. The lowest BCUT2D eigenvalue weighted by molar-refractivity contribution is -0.384. The van der Waals surface area contributed by atoms with Crippen LogP contribution in [0.25, 0.3) is 11.3 Å². The van der Waals surface area contributed by atoms with E-state index in [2.05, 4.69) is 0 Å². The molecule has 1 heterocycles. The summed E-state index contributed by atoms with van der Waals surface area (Å²) in [5.74, 6) is 0.180. The van der Waals surface area contributed by atoms with E-state index in [0.29, 0.717) is 17.7 Å². The number of nitriles is 1. The molecule has 0 saturated heterocycles. The first-order valence-corrected chi connectivity index (χ1v) is 6.98. The number of carbonyl (C=O) groups excluding carboxylic acids is 1. The van der Waals surface area contributed by atoms with E-state index in [4.69, 9.17) is 14.4 Å². The zero-order valence-corrected chi connectivity index (χ0v) is 12.4. The fraction of sp³-hybridized carbons (Fsp3) is 0.250. The number of nitro groups is 1. The van der Waals surface area contributed by atoms with Gasteiger partial charge in [-0.1, -0.05) is 6.92 Å². The van der Waals surface area contributed by atoms with Crippen molar-refractivity contribution in [2.75, 3.05) is 0 Å². The summed E-state index contributed by atoms with van der Waals surface area (Å²) in [5, 5.41) is 19.7. The highest BCUT2D eigenvalue weighted by molar-refractivity contribution is 5.70. The van der Waals surface area contributed by atoms with Gasteiger partial charge in [0.25, 0.3) is 5.69 Å². The van der Waals surface area contributed by atoms with Crippen LogP contribution in [-0.4, -0.2) is 10.9 Å². The lowest BCUT2D eigenvalue weighted by Crippen LogP contribution is -2.08. The van der Waals surface area contributed by atoms with E-state index in [1.54, 1.807) is 24.3 Å². The third kappa shape index (κ3) is 3.95. The average molecular weight is 314 g/mol. The van der Waals surface area contributed by atoms with Gasteiger partial charge in [-0.25, -0.2) is 0 Å². The van der Waals surface area contributed by atoms with Crippen LogP contribution < -0.4 is 0 Å². The first-order valence-electron chi connectivity index (χ1n) is 6.98. The monoisotopic (exact) mass is 314 g/mol. The summed E-state index contributed by atoms with van der Waals surface area (Å²) < 4.78 is 10.6. The maximum Gasteiger partial charge on any atom is 0.307 e. The van der Waals surface area contributed by atoms with Gasteiger partial charge >= 0.3 is 5.97 Å². The summed E-state index contributed by atoms with van der Waals surface area (Å²) in [6.45, 7) is 1.84. The number of nitro benzene ring substituents is 1. The molecule has 0 saturated carbocycles. The molecule has 7 heteroatoms. The molecule has 118 valence electrons. The molecule has 2 rings (SSSR count). The molecule has 0 radical (unpaired) electrons. The topological polar surface area (TPSA) is 106 Å². The van der Waals surface area contributed by atoms with Gasteiger partial charge < -0.3 is 9.15 Å². The third-order valence-corrected chi connectivity index (χ3v) is 3.07. The molecule has 0 N–H and O–H groups in total. The minimum Gasteiger partial charge on any atom is -0.456 e. The Hall–Kier alpha value is -3.14. The van der Waals surface area contributed by atoms with Gasteiger partial charge in [0.15, 0.2) is 5.76 Å².